The number of hydrazine groups is 1. The zero-order chi connectivity index (χ0) is 14.5. The third-order valence-corrected chi connectivity index (χ3v) is 3.91. The highest BCUT2D eigenvalue weighted by Gasteiger charge is 2.20. The van der Waals surface area contributed by atoms with E-state index in [2.05, 4.69) is 22.7 Å². The second kappa shape index (κ2) is 6.51. The van der Waals surface area contributed by atoms with E-state index in [0.29, 0.717) is 18.3 Å². The minimum atomic E-state index is -0.432. The van der Waals surface area contributed by atoms with Gasteiger partial charge in [-0.3, -0.25) is 10.1 Å². The molecule has 0 radical (unpaired) electrons. The van der Waals surface area contributed by atoms with Crippen LogP contribution in [0.2, 0.25) is 0 Å². The van der Waals surface area contributed by atoms with Crippen molar-refractivity contribution in [3.63, 3.8) is 0 Å². The van der Waals surface area contributed by atoms with Gasteiger partial charge in [0.15, 0.2) is 0 Å². The summed E-state index contributed by atoms with van der Waals surface area (Å²) < 4.78 is 0. The van der Waals surface area contributed by atoms with E-state index in [1.165, 1.54) is 25.0 Å². The number of pyridine rings is 1. The fourth-order valence-corrected chi connectivity index (χ4v) is 2.58. The zero-order valence-corrected chi connectivity index (χ0v) is 11.6. The third kappa shape index (κ3) is 3.57. The van der Waals surface area contributed by atoms with E-state index in [1.54, 1.807) is 0 Å². The highest BCUT2D eigenvalue weighted by molar-refractivity contribution is 5.59. The van der Waals surface area contributed by atoms with Gasteiger partial charge in [0.05, 0.1) is 4.92 Å². The number of rotatable bonds is 5. The van der Waals surface area contributed by atoms with Gasteiger partial charge in [0.1, 0.15) is 5.82 Å². The van der Waals surface area contributed by atoms with Crippen LogP contribution in [0, 0.1) is 22.0 Å². The molecule has 110 valence electrons. The molecule has 7 heteroatoms. The Kier molecular flexibility index (Phi) is 4.73. The summed E-state index contributed by atoms with van der Waals surface area (Å²) in [5.74, 6) is 7.34. The van der Waals surface area contributed by atoms with Crippen LogP contribution >= 0.6 is 0 Å². The summed E-state index contributed by atoms with van der Waals surface area (Å²) in [4.78, 5) is 14.7. The van der Waals surface area contributed by atoms with Gasteiger partial charge >= 0.3 is 5.69 Å². The maximum atomic E-state index is 11.0. The van der Waals surface area contributed by atoms with Crippen LogP contribution < -0.4 is 16.6 Å². The molecule has 0 atom stereocenters. The quantitative estimate of drug-likeness (QED) is 0.434. The molecule has 1 fully saturated rings. The van der Waals surface area contributed by atoms with Crippen LogP contribution in [-0.2, 0) is 0 Å². The molecule has 0 saturated heterocycles. The summed E-state index contributed by atoms with van der Waals surface area (Å²) >= 11 is 0. The molecule has 0 unspecified atom stereocenters. The molecule has 7 nitrogen and oxygen atoms in total. The molecule has 1 aliphatic rings. The average Bonchev–Trinajstić information content (AvgIpc) is 2.46. The van der Waals surface area contributed by atoms with Crippen molar-refractivity contribution in [3.8, 4) is 0 Å². The Morgan fingerprint density at radius 2 is 2.10 bits per heavy atom. The number of hydrogen-bond acceptors (Lipinski definition) is 6. The fourth-order valence-electron chi connectivity index (χ4n) is 2.58. The molecule has 0 aliphatic heterocycles. The van der Waals surface area contributed by atoms with E-state index in [0.717, 1.165) is 18.8 Å². The van der Waals surface area contributed by atoms with E-state index in [1.807, 2.05) is 0 Å². The van der Waals surface area contributed by atoms with Crippen molar-refractivity contribution in [1.29, 1.82) is 0 Å². The summed E-state index contributed by atoms with van der Waals surface area (Å²) in [6.07, 6.45) is 4.78. The molecule has 1 saturated carbocycles. The Hall–Kier alpha value is -1.89. The van der Waals surface area contributed by atoms with Crippen LogP contribution in [0.15, 0.2) is 12.1 Å². The molecule has 0 bridgehead atoms. The van der Waals surface area contributed by atoms with Crippen molar-refractivity contribution in [2.24, 2.45) is 17.7 Å². The Morgan fingerprint density at radius 3 is 2.70 bits per heavy atom. The highest BCUT2D eigenvalue weighted by Crippen LogP contribution is 2.29. The molecule has 20 heavy (non-hydrogen) atoms. The number of anilines is 2. The van der Waals surface area contributed by atoms with Gasteiger partial charge in [-0.2, -0.15) is 0 Å². The number of nitrogens with one attached hydrogen (secondary N) is 2. The first-order chi connectivity index (χ1) is 9.60. The Morgan fingerprint density at radius 1 is 1.40 bits per heavy atom. The highest BCUT2D eigenvalue weighted by atomic mass is 16.6. The lowest BCUT2D eigenvalue weighted by molar-refractivity contribution is -0.384. The molecule has 0 aromatic carbocycles. The molecule has 0 amide bonds. The summed E-state index contributed by atoms with van der Waals surface area (Å²) in [5.41, 5.74) is 2.38. The minimum absolute atomic E-state index is 0.0202. The molecule has 4 N–H and O–H groups in total. The minimum Gasteiger partial charge on any atom is -0.364 e. The maximum Gasteiger partial charge on any atom is 0.311 e. The second-order valence-electron chi connectivity index (χ2n) is 5.47. The lowest BCUT2D eigenvalue weighted by Gasteiger charge is -2.26. The van der Waals surface area contributed by atoms with E-state index < -0.39 is 4.92 Å². The summed E-state index contributed by atoms with van der Waals surface area (Å²) in [5, 5.41) is 14.1. The molecule has 0 spiro atoms. The van der Waals surface area contributed by atoms with Crippen LogP contribution in [0.25, 0.3) is 0 Å². The largest absolute Gasteiger partial charge is 0.364 e. The van der Waals surface area contributed by atoms with Crippen molar-refractivity contribution in [3.05, 3.63) is 22.2 Å². The third-order valence-electron chi connectivity index (χ3n) is 3.91. The lowest BCUT2D eigenvalue weighted by atomic mass is 9.83. The number of nitrogens with two attached hydrogens (primary N) is 1. The number of aromatic nitrogens is 1. The first-order valence-corrected chi connectivity index (χ1v) is 6.96. The number of nitrogen functional groups attached to an aromatic ring is 1. The molecular formula is C13H21N5O2. The first-order valence-electron chi connectivity index (χ1n) is 6.96. The molecule has 1 aromatic heterocycles. The van der Waals surface area contributed by atoms with Crippen LogP contribution in [0.4, 0.5) is 17.3 Å². The van der Waals surface area contributed by atoms with Crippen molar-refractivity contribution < 1.29 is 4.92 Å². The van der Waals surface area contributed by atoms with E-state index in [9.17, 15) is 10.1 Å². The number of nitrogens with zero attached hydrogens (tertiary/aromatic N) is 2. The molecule has 1 heterocycles. The van der Waals surface area contributed by atoms with Gasteiger partial charge < -0.3 is 10.7 Å². The molecule has 2 rings (SSSR count). The monoisotopic (exact) mass is 279 g/mol. The van der Waals surface area contributed by atoms with Gasteiger partial charge in [-0.25, -0.2) is 10.8 Å². The van der Waals surface area contributed by atoms with Crippen molar-refractivity contribution in [1.82, 2.24) is 4.98 Å². The van der Waals surface area contributed by atoms with Crippen LogP contribution in [0.5, 0.6) is 0 Å². The van der Waals surface area contributed by atoms with Crippen molar-refractivity contribution in [2.75, 3.05) is 17.3 Å². The predicted molar refractivity (Wildman–Crippen MR) is 78.3 cm³/mol. The smallest absolute Gasteiger partial charge is 0.311 e. The topological polar surface area (TPSA) is 106 Å². The molecular weight excluding hydrogens is 258 g/mol. The van der Waals surface area contributed by atoms with Crippen LogP contribution in [-0.4, -0.2) is 16.5 Å². The summed E-state index contributed by atoms with van der Waals surface area (Å²) in [6.45, 7) is 2.99. The maximum absolute atomic E-state index is 11.0. The van der Waals surface area contributed by atoms with Gasteiger partial charge in [0.25, 0.3) is 0 Å². The van der Waals surface area contributed by atoms with Gasteiger partial charge in [-0.15, -0.1) is 0 Å². The molecule has 1 aromatic rings. The Balaban J connectivity index is 2.02. The molecule has 1 aliphatic carbocycles. The summed E-state index contributed by atoms with van der Waals surface area (Å²) in [6, 6.07) is 2.90. The van der Waals surface area contributed by atoms with E-state index >= 15 is 0 Å². The van der Waals surface area contributed by atoms with Gasteiger partial charge in [-0.05, 0) is 30.7 Å². The van der Waals surface area contributed by atoms with Gasteiger partial charge in [0.2, 0.25) is 5.82 Å². The zero-order valence-electron chi connectivity index (χ0n) is 11.6. The van der Waals surface area contributed by atoms with Gasteiger partial charge in [-0.1, -0.05) is 19.8 Å². The predicted octanol–water partition coefficient (Wildman–Crippen LogP) is 2.51. The fraction of sp³-hybridized carbons (Fsp3) is 0.615. The van der Waals surface area contributed by atoms with E-state index in [4.69, 9.17) is 5.84 Å². The lowest BCUT2D eigenvalue weighted by Crippen LogP contribution is -2.21. The standard InChI is InChI=1S/C13H21N5O2/c1-9-2-4-10(5-3-9)8-15-13-11(18(19)20)6-7-12(16-13)17-14/h6-7,9-10H,2-5,8,14H2,1H3,(H2,15,16,17). The summed E-state index contributed by atoms with van der Waals surface area (Å²) in [7, 11) is 0. The van der Waals surface area contributed by atoms with Crippen LogP contribution in [0.1, 0.15) is 32.6 Å². The first kappa shape index (κ1) is 14.5. The SMILES string of the molecule is CC1CCC(CNc2nc(NN)ccc2[N+](=O)[O-])CC1. The van der Waals surface area contributed by atoms with E-state index in [-0.39, 0.29) is 11.5 Å². The second-order valence-corrected chi connectivity index (χ2v) is 5.47. The number of nitro groups is 1. The average molecular weight is 279 g/mol. The Labute approximate surface area is 118 Å². The van der Waals surface area contributed by atoms with Crippen molar-refractivity contribution >= 4 is 17.3 Å². The van der Waals surface area contributed by atoms with Gasteiger partial charge in [0, 0.05) is 12.6 Å². The number of hydrogen-bond donors (Lipinski definition) is 3. The normalized spacial score (nSPS) is 22.3. The van der Waals surface area contributed by atoms with Crippen LogP contribution in [0.3, 0.4) is 0 Å². The Bertz CT molecular complexity index is 472. The van der Waals surface area contributed by atoms with Crippen molar-refractivity contribution in [2.45, 2.75) is 32.6 Å².